The fraction of sp³-hybridized carbons (Fsp3) is 0.714. The van der Waals surface area contributed by atoms with Gasteiger partial charge >= 0.3 is 0 Å². The molecule has 1 saturated heterocycles. The Morgan fingerprint density at radius 2 is 2.00 bits per heavy atom. The molecule has 1 nitrogen and oxygen atoms in total. The van der Waals surface area contributed by atoms with Gasteiger partial charge < -0.3 is 0 Å². The normalized spacial score (nSPS) is 54.9. The van der Waals surface area contributed by atoms with Crippen molar-refractivity contribution in [1.29, 1.82) is 0 Å². The maximum absolute atomic E-state index is 2.45. The molecule has 2 bridgehead atoms. The van der Waals surface area contributed by atoms with Crippen LogP contribution >= 0.6 is 11.9 Å². The van der Waals surface area contributed by atoms with Gasteiger partial charge in [0.05, 0.1) is 0 Å². The first-order chi connectivity index (χ1) is 4.30. The van der Waals surface area contributed by atoms with Gasteiger partial charge in [0.15, 0.2) is 0 Å². The highest BCUT2D eigenvalue weighted by Crippen LogP contribution is 2.43. The predicted molar refractivity (Wildman–Crippen MR) is 41.0 cm³/mol. The molecule has 3 heterocycles. The van der Waals surface area contributed by atoms with E-state index < -0.39 is 0 Å². The molecule has 0 radical (unpaired) electrons. The van der Waals surface area contributed by atoms with Gasteiger partial charge in [0.25, 0.3) is 0 Å². The Morgan fingerprint density at radius 3 is 2.22 bits per heavy atom. The van der Waals surface area contributed by atoms with Crippen LogP contribution < -0.4 is 0 Å². The molecule has 3 aliphatic rings. The van der Waals surface area contributed by atoms with E-state index in [9.17, 15) is 0 Å². The van der Waals surface area contributed by atoms with Crippen molar-refractivity contribution in [2.75, 3.05) is 0 Å². The average Bonchev–Trinajstić information content (AvgIpc) is 1.91. The Balaban J connectivity index is 2.21. The molecule has 2 unspecified atom stereocenters. The van der Waals surface area contributed by atoms with E-state index in [1.165, 1.54) is 0 Å². The smallest absolute Gasteiger partial charge is 0.0258 e. The maximum atomic E-state index is 2.45. The summed E-state index contributed by atoms with van der Waals surface area (Å²) in [6.45, 7) is 4.59. The minimum atomic E-state index is 0.787. The summed E-state index contributed by atoms with van der Waals surface area (Å²) in [5.74, 6) is 0.839. The second-order valence-electron chi connectivity index (χ2n) is 2.85. The van der Waals surface area contributed by atoms with Crippen molar-refractivity contribution in [2.24, 2.45) is 5.92 Å². The lowest BCUT2D eigenvalue weighted by molar-refractivity contribution is 0.0882. The van der Waals surface area contributed by atoms with E-state index in [1.807, 2.05) is 11.9 Å². The third-order valence-electron chi connectivity index (χ3n) is 2.40. The van der Waals surface area contributed by atoms with Gasteiger partial charge in [-0.3, -0.25) is 0 Å². The van der Waals surface area contributed by atoms with E-state index in [-0.39, 0.29) is 0 Å². The Labute approximate surface area is 60.2 Å². The van der Waals surface area contributed by atoms with Crippen LogP contribution in [0.25, 0.3) is 0 Å². The van der Waals surface area contributed by atoms with Gasteiger partial charge in [0.1, 0.15) is 0 Å². The van der Waals surface area contributed by atoms with Gasteiger partial charge in [-0.2, -0.15) is 0 Å². The zero-order valence-electron chi connectivity index (χ0n) is 5.74. The van der Waals surface area contributed by atoms with Gasteiger partial charge in [0.2, 0.25) is 0 Å². The lowest BCUT2D eigenvalue weighted by atomic mass is 9.85. The number of nitrogens with zero attached hydrogens (tertiary/aromatic N) is 1. The molecule has 0 aromatic rings. The van der Waals surface area contributed by atoms with Crippen LogP contribution in [0.5, 0.6) is 0 Å². The molecule has 50 valence electrons. The summed E-state index contributed by atoms with van der Waals surface area (Å²) >= 11 is 1.85. The fourth-order valence-electron chi connectivity index (χ4n) is 1.72. The lowest BCUT2D eigenvalue weighted by Gasteiger charge is -2.52. The molecule has 3 rings (SSSR count). The standard InChI is InChI=1S/C7H11NS/c1-5-7-3-4-9-8(5)6(7)2/h3-7H,1-2H3. The minimum Gasteiger partial charge on any atom is -0.240 e. The van der Waals surface area contributed by atoms with Crippen LogP contribution in [0.4, 0.5) is 0 Å². The summed E-state index contributed by atoms with van der Waals surface area (Å²) in [4.78, 5) is 0. The van der Waals surface area contributed by atoms with E-state index in [1.54, 1.807) is 0 Å². The Kier molecular flexibility index (Phi) is 1.14. The zero-order chi connectivity index (χ0) is 6.43. The van der Waals surface area contributed by atoms with Crippen molar-refractivity contribution in [2.45, 2.75) is 25.9 Å². The predicted octanol–water partition coefficient (Wildman–Crippen LogP) is 1.87. The maximum Gasteiger partial charge on any atom is 0.0258 e. The van der Waals surface area contributed by atoms with E-state index in [4.69, 9.17) is 0 Å². The summed E-state index contributed by atoms with van der Waals surface area (Å²) in [7, 11) is 0. The molecule has 0 amide bonds. The lowest BCUT2D eigenvalue weighted by Crippen LogP contribution is -2.57. The van der Waals surface area contributed by atoms with Crippen LogP contribution in [0.3, 0.4) is 0 Å². The van der Waals surface area contributed by atoms with Crippen molar-refractivity contribution in [3.63, 3.8) is 0 Å². The monoisotopic (exact) mass is 141 g/mol. The summed E-state index contributed by atoms with van der Waals surface area (Å²) in [6, 6.07) is 1.57. The van der Waals surface area contributed by atoms with Crippen molar-refractivity contribution in [1.82, 2.24) is 4.31 Å². The van der Waals surface area contributed by atoms with Gasteiger partial charge in [-0.15, -0.1) is 0 Å². The van der Waals surface area contributed by atoms with Crippen molar-refractivity contribution >= 4 is 11.9 Å². The van der Waals surface area contributed by atoms with Crippen molar-refractivity contribution < 1.29 is 0 Å². The molecular weight excluding hydrogens is 130 g/mol. The van der Waals surface area contributed by atoms with Crippen molar-refractivity contribution in [3.05, 3.63) is 11.5 Å². The highest BCUT2D eigenvalue weighted by Gasteiger charge is 2.43. The molecule has 1 fully saturated rings. The van der Waals surface area contributed by atoms with Crippen LogP contribution in [0.1, 0.15) is 13.8 Å². The Bertz CT molecular complexity index is 145. The van der Waals surface area contributed by atoms with Gasteiger partial charge in [0, 0.05) is 18.0 Å². The van der Waals surface area contributed by atoms with Crippen LogP contribution in [0.15, 0.2) is 11.5 Å². The molecule has 0 aliphatic carbocycles. The molecule has 0 aromatic heterocycles. The van der Waals surface area contributed by atoms with Crippen LogP contribution in [0, 0.1) is 5.92 Å². The summed E-state index contributed by atoms with van der Waals surface area (Å²) in [5.41, 5.74) is 0. The van der Waals surface area contributed by atoms with Gasteiger partial charge in [-0.05, 0) is 19.3 Å². The van der Waals surface area contributed by atoms with E-state index in [0.717, 1.165) is 18.0 Å². The summed E-state index contributed by atoms with van der Waals surface area (Å²) < 4.78 is 2.45. The van der Waals surface area contributed by atoms with E-state index in [2.05, 4.69) is 29.6 Å². The third-order valence-corrected chi connectivity index (χ3v) is 3.59. The SMILES string of the molecule is CC1C2C=CSN1C2C. The minimum absolute atomic E-state index is 0.787. The molecule has 2 atom stereocenters. The topological polar surface area (TPSA) is 3.24 Å². The number of hydrogen-bond donors (Lipinski definition) is 0. The Hall–Kier alpha value is 0.0500. The first-order valence-corrected chi connectivity index (χ1v) is 4.26. The highest BCUT2D eigenvalue weighted by atomic mass is 32.2. The first-order valence-electron chi connectivity index (χ1n) is 3.42. The van der Waals surface area contributed by atoms with E-state index >= 15 is 0 Å². The molecule has 0 saturated carbocycles. The second kappa shape index (κ2) is 1.77. The molecule has 2 heteroatoms. The van der Waals surface area contributed by atoms with Gasteiger partial charge in [-0.25, -0.2) is 4.31 Å². The fourth-order valence-corrected chi connectivity index (χ4v) is 2.78. The van der Waals surface area contributed by atoms with Crippen LogP contribution in [-0.4, -0.2) is 16.4 Å². The van der Waals surface area contributed by atoms with Crippen molar-refractivity contribution in [3.8, 4) is 0 Å². The third kappa shape index (κ3) is 0.606. The molecule has 0 spiro atoms. The zero-order valence-corrected chi connectivity index (χ0v) is 6.56. The number of rotatable bonds is 0. The highest BCUT2D eigenvalue weighted by molar-refractivity contribution is 8.00. The van der Waals surface area contributed by atoms with E-state index in [0.29, 0.717) is 0 Å². The second-order valence-corrected chi connectivity index (χ2v) is 3.76. The van der Waals surface area contributed by atoms with Crippen LogP contribution in [-0.2, 0) is 0 Å². The number of hydrogen-bond acceptors (Lipinski definition) is 2. The quantitative estimate of drug-likeness (QED) is 0.474. The van der Waals surface area contributed by atoms with Gasteiger partial charge in [-0.1, -0.05) is 18.0 Å². The number of fused-ring (bicyclic) bond motifs is 1. The summed E-state index contributed by atoms with van der Waals surface area (Å²) in [6.07, 6.45) is 2.33. The first kappa shape index (κ1) is 5.81. The summed E-state index contributed by atoms with van der Waals surface area (Å²) in [5, 5.41) is 2.20. The molecule has 9 heavy (non-hydrogen) atoms. The average molecular weight is 141 g/mol. The largest absolute Gasteiger partial charge is 0.240 e. The molecule has 3 aliphatic heterocycles. The Morgan fingerprint density at radius 1 is 1.33 bits per heavy atom. The molecular formula is C7H11NS. The van der Waals surface area contributed by atoms with Crippen LogP contribution in [0.2, 0.25) is 0 Å². The molecule has 0 N–H and O–H groups in total. The molecule has 0 aromatic carbocycles.